The molecular weight excluding hydrogens is 428 g/mol. The van der Waals surface area contributed by atoms with Crippen LogP contribution in [0.5, 0.6) is 0 Å². The third kappa shape index (κ3) is 3.79. The molecule has 32 heavy (non-hydrogen) atoms. The first-order valence-corrected chi connectivity index (χ1v) is 11.1. The highest BCUT2D eigenvalue weighted by Gasteiger charge is 2.52. The number of imide groups is 1. The van der Waals surface area contributed by atoms with E-state index in [1.807, 2.05) is 51.1 Å². The molecule has 2 aromatic carbocycles. The molecule has 3 aromatic rings. The van der Waals surface area contributed by atoms with Crippen LogP contribution in [0.1, 0.15) is 43.9 Å². The van der Waals surface area contributed by atoms with Gasteiger partial charge in [0.2, 0.25) is 0 Å². The maximum Gasteiger partial charge on any atom is 0.336 e. The second-order valence-electron chi connectivity index (χ2n) is 8.57. The second-order valence-corrected chi connectivity index (χ2v) is 8.98. The largest absolute Gasteiger partial charge is 0.423 e. The summed E-state index contributed by atoms with van der Waals surface area (Å²) in [5.74, 6) is -0.171. The van der Waals surface area contributed by atoms with Gasteiger partial charge in [-0.3, -0.25) is 9.69 Å². The Morgan fingerprint density at radius 3 is 2.44 bits per heavy atom. The zero-order valence-electron chi connectivity index (χ0n) is 18.3. The SMILES string of the molecule is CCc1cc2oc(=O)cc(CN3C(=O)N[C@@](CC(C)C)(c4ccccc4)C3=O)c2cc1Cl. The van der Waals surface area contributed by atoms with Gasteiger partial charge in [-0.15, -0.1) is 0 Å². The predicted molar refractivity (Wildman–Crippen MR) is 124 cm³/mol. The molecule has 1 atom stereocenters. The lowest BCUT2D eigenvalue weighted by Gasteiger charge is -2.29. The Bertz CT molecular complexity index is 1250. The Morgan fingerprint density at radius 2 is 1.78 bits per heavy atom. The fraction of sp³-hybridized carbons (Fsp3) is 0.320. The van der Waals surface area contributed by atoms with E-state index in [0.717, 1.165) is 11.1 Å². The molecule has 3 amide bonds. The first kappa shape index (κ1) is 22.1. The summed E-state index contributed by atoms with van der Waals surface area (Å²) >= 11 is 6.39. The molecule has 0 saturated carbocycles. The quantitative estimate of drug-likeness (QED) is 0.421. The van der Waals surface area contributed by atoms with Crippen LogP contribution in [-0.4, -0.2) is 16.8 Å². The fourth-order valence-corrected chi connectivity index (χ4v) is 4.71. The first-order valence-electron chi connectivity index (χ1n) is 10.7. The monoisotopic (exact) mass is 452 g/mol. The van der Waals surface area contributed by atoms with Gasteiger partial charge in [-0.2, -0.15) is 0 Å². The van der Waals surface area contributed by atoms with Crippen LogP contribution >= 0.6 is 11.6 Å². The molecule has 7 heteroatoms. The first-order chi connectivity index (χ1) is 15.2. The standard InChI is InChI=1S/C25H25ClN2O4/c1-4-16-10-21-19(12-20(16)26)17(11-22(29)32-21)14-28-23(30)25(13-15(2)3,27-24(28)31)18-8-6-5-7-9-18/h5-12,15H,4,13-14H2,1-3H3,(H,27,31)/t25-/m0/s1. The van der Waals surface area contributed by atoms with E-state index < -0.39 is 17.2 Å². The Balaban J connectivity index is 1.78. The number of amides is 3. The zero-order chi connectivity index (χ0) is 23.0. The number of hydrogen-bond donors (Lipinski definition) is 1. The number of aryl methyl sites for hydroxylation is 1. The fourth-order valence-electron chi connectivity index (χ4n) is 4.42. The van der Waals surface area contributed by atoms with Gasteiger partial charge in [0.15, 0.2) is 0 Å². The van der Waals surface area contributed by atoms with Crippen molar-refractivity contribution in [2.45, 2.75) is 45.7 Å². The number of carbonyl (C=O) groups excluding carboxylic acids is 2. The van der Waals surface area contributed by atoms with Gasteiger partial charge in [0.25, 0.3) is 5.91 Å². The maximum absolute atomic E-state index is 13.7. The van der Waals surface area contributed by atoms with Gasteiger partial charge in [0, 0.05) is 16.5 Å². The predicted octanol–water partition coefficient (Wildman–Crippen LogP) is 5.00. The molecule has 0 bridgehead atoms. The molecule has 4 rings (SSSR count). The van der Waals surface area contributed by atoms with Crippen molar-refractivity contribution in [1.82, 2.24) is 10.2 Å². The molecule has 166 valence electrons. The number of nitrogens with one attached hydrogen (secondary N) is 1. The van der Waals surface area contributed by atoms with Crippen LogP contribution in [0.15, 0.2) is 57.7 Å². The van der Waals surface area contributed by atoms with Crippen molar-refractivity contribution in [3.8, 4) is 0 Å². The number of urea groups is 1. The summed E-state index contributed by atoms with van der Waals surface area (Å²) in [7, 11) is 0. The van der Waals surface area contributed by atoms with Crippen molar-refractivity contribution in [3.05, 3.63) is 80.7 Å². The van der Waals surface area contributed by atoms with E-state index >= 15 is 0 Å². The minimum atomic E-state index is -1.14. The third-order valence-corrected chi connectivity index (χ3v) is 6.22. The van der Waals surface area contributed by atoms with Gasteiger partial charge in [-0.25, -0.2) is 9.59 Å². The topological polar surface area (TPSA) is 79.6 Å². The Morgan fingerprint density at radius 1 is 1.06 bits per heavy atom. The number of fused-ring (bicyclic) bond motifs is 1. The summed E-state index contributed by atoms with van der Waals surface area (Å²) < 4.78 is 5.36. The average molecular weight is 453 g/mol. The number of carbonyl (C=O) groups is 2. The van der Waals surface area contributed by atoms with E-state index in [1.165, 1.54) is 11.0 Å². The third-order valence-electron chi connectivity index (χ3n) is 5.86. The Labute approximate surface area is 191 Å². The second kappa shape index (κ2) is 8.43. The van der Waals surface area contributed by atoms with Crippen LogP contribution in [-0.2, 0) is 23.3 Å². The van der Waals surface area contributed by atoms with Crippen molar-refractivity contribution in [3.63, 3.8) is 0 Å². The summed E-state index contributed by atoms with van der Waals surface area (Å²) in [6.45, 7) is 5.92. The number of benzene rings is 2. The van der Waals surface area contributed by atoms with Crippen molar-refractivity contribution in [2.24, 2.45) is 5.92 Å². The summed E-state index contributed by atoms with van der Waals surface area (Å²) in [5, 5.41) is 4.09. The minimum absolute atomic E-state index is 0.0543. The van der Waals surface area contributed by atoms with Gasteiger partial charge in [0.1, 0.15) is 11.1 Å². The lowest BCUT2D eigenvalue weighted by molar-refractivity contribution is -0.132. The van der Waals surface area contributed by atoms with Crippen LogP contribution < -0.4 is 10.9 Å². The van der Waals surface area contributed by atoms with Gasteiger partial charge >= 0.3 is 11.7 Å². The molecular formula is C25H25ClN2O4. The molecule has 6 nitrogen and oxygen atoms in total. The Hall–Kier alpha value is -3.12. The normalized spacial score (nSPS) is 18.6. The summed E-state index contributed by atoms with van der Waals surface area (Å²) in [6, 6.07) is 13.6. The highest BCUT2D eigenvalue weighted by molar-refractivity contribution is 6.32. The van der Waals surface area contributed by atoms with Crippen molar-refractivity contribution in [2.75, 3.05) is 0 Å². The van der Waals surface area contributed by atoms with Crippen LogP contribution in [0.3, 0.4) is 0 Å². The van der Waals surface area contributed by atoms with Crippen molar-refractivity contribution < 1.29 is 14.0 Å². The molecule has 1 aromatic heterocycles. The number of hydrogen-bond acceptors (Lipinski definition) is 4. The number of nitrogens with zero attached hydrogens (tertiary/aromatic N) is 1. The van der Waals surface area contributed by atoms with Gasteiger partial charge in [0.05, 0.1) is 6.54 Å². The molecule has 0 aliphatic carbocycles. The average Bonchev–Trinajstić information content (AvgIpc) is 2.98. The van der Waals surface area contributed by atoms with Crippen LogP contribution in [0.2, 0.25) is 5.02 Å². The molecule has 0 radical (unpaired) electrons. The smallest absolute Gasteiger partial charge is 0.336 e. The van der Waals surface area contributed by atoms with Gasteiger partial charge in [-0.1, -0.05) is 62.7 Å². The number of halogens is 1. The lowest BCUT2D eigenvalue weighted by Crippen LogP contribution is -2.45. The van der Waals surface area contributed by atoms with E-state index in [0.29, 0.717) is 34.4 Å². The summed E-state index contributed by atoms with van der Waals surface area (Å²) in [4.78, 5) is 40.1. The molecule has 1 N–H and O–H groups in total. The van der Waals surface area contributed by atoms with Gasteiger partial charge in [-0.05, 0) is 47.6 Å². The van der Waals surface area contributed by atoms with E-state index in [-0.39, 0.29) is 18.4 Å². The summed E-state index contributed by atoms with van der Waals surface area (Å²) in [5.41, 5.74) is 0.807. The molecule has 1 saturated heterocycles. The van der Waals surface area contributed by atoms with E-state index in [2.05, 4.69) is 5.32 Å². The molecule has 1 fully saturated rings. The van der Waals surface area contributed by atoms with E-state index in [1.54, 1.807) is 12.1 Å². The molecule has 2 heterocycles. The highest BCUT2D eigenvalue weighted by atomic mass is 35.5. The number of rotatable bonds is 6. The molecule has 0 spiro atoms. The van der Waals surface area contributed by atoms with Crippen LogP contribution in [0.4, 0.5) is 4.79 Å². The zero-order valence-corrected chi connectivity index (χ0v) is 19.0. The van der Waals surface area contributed by atoms with Crippen molar-refractivity contribution in [1.29, 1.82) is 0 Å². The summed E-state index contributed by atoms with van der Waals surface area (Å²) in [6.07, 6.45) is 1.14. The van der Waals surface area contributed by atoms with Crippen LogP contribution in [0.25, 0.3) is 11.0 Å². The van der Waals surface area contributed by atoms with E-state index in [9.17, 15) is 14.4 Å². The Kier molecular flexibility index (Phi) is 5.82. The maximum atomic E-state index is 13.7. The molecule has 1 aliphatic heterocycles. The van der Waals surface area contributed by atoms with Crippen molar-refractivity contribution >= 4 is 34.5 Å². The van der Waals surface area contributed by atoms with E-state index in [4.69, 9.17) is 16.0 Å². The molecule has 1 aliphatic rings. The van der Waals surface area contributed by atoms with Gasteiger partial charge < -0.3 is 9.73 Å². The highest BCUT2D eigenvalue weighted by Crippen LogP contribution is 2.36. The van der Waals surface area contributed by atoms with Crippen LogP contribution in [0, 0.1) is 5.92 Å². The molecule has 0 unspecified atom stereocenters. The minimum Gasteiger partial charge on any atom is -0.423 e. The lowest BCUT2D eigenvalue weighted by atomic mass is 9.82.